The fourth-order valence-corrected chi connectivity index (χ4v) is 4.89. The molecule has 0 bridgehead atoms. The fraction of sp³-hybridized carbons (Fsp3) is 0.462. The number of aryl methyl sites for hydroxylation is 1. The zero-order valence-electron chi connectivity index (χ0n) is 11.7. The van der Waals surface area contributed by atoms with E-state index in [0.717, 1.165) is 16.0 Å². The lowest BCUT2D eigenvalue weighted by atomic mass is 10.3. The Morgan fingerprint density at radius 2 is 2.24 bits per heavy atom. The summed E-state index contributed by atoms with van der Waals surface area (Å²) in [5.74, 6) is 0. The molecule has 0 radical (unpaired) electrons. The maximum atomic E-state index is 12.5. The Morgan fingerprint density at radius 3 is 2.90 bits per heavy atom. The van der Waals surface area contributed by atoms with Crippen LogP contribution in [0.1, 0.15) is 28.8 Å². The number of hydrogen-bond donors (Lipinski definition) is 3. The van der Waals surface area contributed by atoms with E-state index in [0.29, 0.717) is 17.5 Å². The molecule has 3 rings (SSSR count). The highest BCUT2D eigenvalue weighted by molar-refractivity contribution is 7.89. The van der Waals surface area contributed by atoms with Crippen molar-refractivity contribution < 1.29 is 8.42 Å². The Bertz CT molecular complexity index is 703. The van der Waals surface area contributed by atoms with Gasteiger partial charge in [0.05, 0.1) is 6.20 Å². The van der Waals surface area contributed by atoms with Gasteiger partial charge in [0.2, 0.25) is 10.0 Å². The number of nitrogens with one attached hydrogen (secondary N) is 3. The quantitative estimate of drug-likeness (QED) is 0.720. The van der Waals surface area contributed by atoms with Gasteiger partial charge in [-0.25, -0.2) is 13.1 Å². The lowest BCUT2D eigenvalue weighted by Gasteiger charge is -2.09. The molecule has 114 valence electrons. The molecule has 6 nitrogen and oxygen atoms in total. The molecule has 0 unspecified atom stereocenters. The first kappa shape index (κ1) is 14.7. The number of thiophene rings is 1. The summed E-state index contributed by atoms with van der Waals surface area (Å²) in [5.41, 5.74) is 1.61. The zero-order chi connectivity index (χ0) is 14.9. The molecule has 1 aliphatic rings. The van der Waals surface area contributed by atoms with Crippen LogP contribution < -0.4 is 10.0 Å². The van der Waals surface area contributed by atoms with Gasteiger partial charge in [-0.1, -0.05) is 0 Å². The molecule has 0 spiro atoms. The van der Waals surface area contributed by atoms with Crippen LogP contribution in [-0.2, 0) is 23.1 Å². The van der Waals surface area contributed by atoms with Crippen molar-refractivity contribution in [2.75, 3.05) is 0 Å². The van der Waals surface area contributed by atoms with E-state index in [1.807, 2.05) is 12.3 Å². The van der Waals surface area contributed by atoms with Crippen LogP contribution in [0.25, 0.3) is 0 Å². The Kier molecular flexibility index (Phi) is 4.12. The van der Waals surface area contributed by atoms with Crippen LogP contribution in [0.3, 0.4) is 0 Å². The fourth-order valence-electron chi connectivity index (χ4n) is 2.12. The normalized spacial score (nSPS) is 15.5. The van der Waals surface area contributed by atoms with Crippen molar-refractivity contribution >= 4 is 21.4 Å². The van der Waals surface area contributed by atoms with E-state index in [2.05, 4.69) is 20.2 Å². The Hall–Kier alpha value is -1.22. The highest BCUT2D eigenvalue weighted by Gasteiger charge is 2.25. The lowest BCUT2D eigenvalue weighted by molar-refractivity contribution is 0.578. The van der Waals surface area contributed by atoms with Crippen molar-refractivity contribution in [3.63, 3.8) is 0 Å². The van der Waals surface area contributed by atoms with E-state index in [1.165, 1.54) is 24.2 Å². The Balaban J connectivity index is 1.75. The number of aromatic amines is 1. The first-order chi connectivity index (χ1) is 10.1. The summed E-state index contributed by atoms with van der Waals surface area (Å²) in [6, 6.07) is 0.557. The van der Waals surface area contributed by atoms with Crippen LogP contribution in [0.2, 0.25) is 0 Å². The van der Waals surface area contributed by atoms with Gasteiger partial charge < -0.3 is 5.32 Å². The third kappa shape index (κ3) is 3.52. The van der Waals surface area contributed by atoms with Crippen LogP contribution in [0.5, 0.6) is 0 Å². The van der Waals surface area contributed by atoms with Crippen molar-refractivity contribution in [1.82, 2.24) is 20.2 Å². The van der Waals surface area contributed by atoms with E-state index < -0.39 is 10.0 Å². The molecule has 0 saturated heterocycles. The molecule has 2 aromatic heterocycles. The molecule has 0 aliphatic heterocycles. The molecule has 1 fully saturated rings. The standard InChI is InChI=1S/C13H18N4O2S2/c1-9-8-20-12(7-14-11-2-3-11)13(9)21(18,19)17-6-10-4-15-16-5-10/h4-5,8,11,14,17H,2-3,6-7H2,1H3,(H,15,16). The molecule has 21 heavy (non-hydrogen) atoms. The highest BCUT2D eigenvalue weighted by atomic mass is 32.2. The van der Waals surface area contributed by atoms with E-state index in [-0.39, 0.29) is 6.54 Å². The third-order valence-corrected chi connectivity index (χ3v) is 6.27. The monoisotopic (exact) mass is 326 g/mol. The van der Waals surface area contributed by atoms with Crippen LogP contribution in [0.15, 0.2) is 22.7 Å². The predicted octanol–water partition coefficient (Wildman–Crippen LogP) is 1.51. The molecule has 1 saturated carbocycles. The second-order valence-electron chi connectivity index (χ2n) is 5.26. The van der Waals surface area contributed by atoms with Crippen LogP contribution in [-0.4, -0.2) is 24.7 Å². The van der Waals surface area contributed by atoms with E-state index in [4.69, 9.17) is 0 Å². The summed E-state index contributed by atoms with van der Waals surface area (Å²) in [4.78, 5) is 1.29. The van der Waals surface area contributed by atoms with Crippen molar-refractivity contribution in [3.8, 4) is 0 Å². The smallest absolute Gasteiger partial charge is 0.242 e. The third-order valence-electron chi connectivity index (χ3n) is 3.41. The first-order valence-electron chi connectivity index (χ1n) is 6.84. The average Bonchev–Trinajstić information content (AvgIpc) is 2.97. The van der Waals surface area contributed by atoms with Gasteiger partial charge in [-0.3, -0.25) is 5.10 Å². The van der Waals surface area contributed by atoms with Gasteiger partial charge in [0.15, 0.2) is 0 Å². The number of aromatic nitrogens is 2. The number of hydrogen-bond acceptors (Lipinski definition) is 5. The molecule has 3 N–H and O–H groups in total. The predicted molar refractivity (Wildman–Crippen MR) is 81.5 cm³/mol. The summed E-state index contributed by atoms with van der Waals surface area (Å²) < 4.78 is 27.7. The van der Waals surface area contributed by atoms with Gasteiger partial charge in [0, 0.05) is 35.8 Å². The molecule has 2 aromatic rings. The Labute approximate surface area is 128 Å². The van der Waals surface area contributed by atoms with Crippen LogP contribution in [0.4, 0.5) is 0 Å². The van der Waals surface area contributed by atoms with Gasteiger partial charge in [0.25, 0.3) is 0 Å². The molecule has 8 heteroatoms. The number of rotatable bonds is 7. The SMILES string of the molecule is Cc1csc(CNC2CC2)c1S(=O)(=O)NCc1cn[nH]c1. The number of nitrogens with zero attached hydrogens (tertiary/aromatic N) is 1. The van der Waals surface area contributed by atoms with Gasteiger partial charge in [-0.05, 0) is 30.7 Å². The molecule has 0 aromatic carbocycles. The zero-order valence-corrected chi connectivity index (χ0v) is 13.4. The van der Waals surface area contributed by atoms with E-state index in [1.54, 1.807) is 12.4 Å². The molecular weight excluding hydrogens is 308 g/mol. The minimum absolute atomic E-state index is 0.240. The maximum absolute atomic E-state index is 12.5. The molecule has 0 amide bonds. The summed E-state index contributed by atoms with van der Waals surface area (Å²) >= 11 is 1.50. The van der Waals surface area contributed by atoms with E-state index in [9.17, 15) is 8.42 Å². The summed E-state index contributed by atoms with van der Waals surface area (Å²) in [5, 5.41) is 11.7. The van der Waals surface area contributed by atoms with Gasteiger partial charge in [-0.2, -0.15) is 5.10 Å². The largest absolute Gasteiger partial charge is 0.309 e. The van der Waals surface area contributed by atoms with Gasteiger partial charge in [-0.15, -0.1) is 11.3 Å². The summed E-state index contributed by atoms with van der Waals surface area (Å²) in [6.07, 6.45) is 5.66. The van der Waals surface area contributed by atoms with Gasteiger partial charge >= 0.3 is 0 Å². The summed E-state index contributed by atoms with van der Waals surface area (Å²) in [7, 11) is -3.50. The van der Waals surface area contributed by atoms with Crippen molar-refractivity contribution in [3.05, 3.63) is 33.8 Å². The van der Waals surface area contributed by atoms with Gasteiger partial charge in [0.1, 0.15) is 4.90 Å². The van der Waals surface area contributed by atoms with Crippen molar-refractivity contribution in [1.29, 1.82) is 0 Å². The first-order valence-corrected chi connectivity index (χ1v) is 9.20. The molecule has 1 aliphatic carbocycles. The molecule has 0 atom stereocenters. The number of H-pyrrole nitrogens is 1. The summed E-state index contributed by atoms with van der Waals surface area (Å²) in [6.45, 7) is 2.69. The van der Waals surface area contributed by atoms with E-state index >= 15 is 0 Å². The highest BCUT2D eigenvalue weighted by Crippen LogP contribution is 2.28. The molecular formula is C13H18N4O2S2. The van der Waals surface area contributed by atoms with Crippen molar-refractivity contribution in [2.45, 2.75) is 43.8 Å². The maximum Gasteiger partial charge on any atom is 0.242 e. The average molecular weight is 326 g/mol. The van der Waals surface area contributed by atoms with Crippen LogP contribution >= 0.6 is 11.3 Å². The number of sulfonamides is 1. The topological polar surface area (TPSA) is 86.9 Å². The van der Waals surface area contributed by atoms with Crippen LogP contribution in [0, 0.1) is 6.92 Å². The second kappa shape index (κ2) is 5.88. The Morgan fingerprint density at radius 1 is 1.43 bits per heavy atom. The second-order valence-corrected chi connectivity index (χ2v) is 7.93. The minimum atomic E-state index is -3.50. The van der Waals surface area contributed by atoms with Crippen molar-refractivity contribution in [2.24, 2.45) is 0 Å². The lowest BCUT2D eigenvalue weighted by Crippen LogP contribution is -2.25. The minimum Gasteiger partial charge on any atom is -0.309 e. The molecule has 2 heterocycles.